The highest BCUT2D eigenvalue weighted by atomic mass is 16.5. The fourth-order valence-corrected chi connectivity index (χ4v) is 2.67. The van der Waals surface area contributed by atoms with E-state index < -0.39 is 0 Å². The highest BCUT2D eigenvalue weighted by molar-refractivity contribution is 6.01. The van der Waals surface area contributed by atoms with E-state index in [4.69, 9.17) is 9.73 Å². The minimum Gasteiger partial charge on any atom is -0.497 e. The largest absolute Gasteiger partial charge is 0.497 e. The van der Waals surface area contributed by atoms with Crippen LogP contribution in [0.5, 0.6) is 5.75 Å². The van der Waals surface area contributed by atoms with Crippen LogP contribution in [0.15, 0.2) is 83.9 Å². The van der Waals surface area contributed by atoms with Gasteiger partial charge in [0.25, 0.3) is 0 Å². The van der Waals surface area contributed by atoms with Gasteiger partial charge in [-0.3, -0.25) is 4.99 Å². The molecule has 0 saturated carbocycles. The van der Waals surface area contributed by atoms with Gasteiger partial charge in [-0.1, -0.05) is 55.1 Å². The minimum absolute atomic E-state index is 0.631. The first-order valence-electron chi connectivity index (χ1n) is 8.79. The molecule has 0 aliphatic rings. The molecule has 0 heterocycles. The van der Waals surface area contributed by atoms with Gasteiger partial charge in [0.15, 0.2) is 0 Å². The number of rotatable bonds is 7. The summed E-state index contributed by atoms with van der Waals surface area (Å²) >= 11 is 0. The zero-order valence-electron chi connectivity index (χ0n) is 16.1. The van der Waals surface area contributed by atoms with Crippen molar-refractivity contribution in [3.05, 3.63) is 90.0 Å². The fourth-order valence-electron chi connectivity index (χ4n) is 2.67. The van der Waals surface area contributed by atoms with E-state index in [-0.39, 0.29) is 0 Å². The molecule has 2 aromatic rings. The molecule has 0 aromatic heterocycles. The molecule has 2 aromatic carbocycles. The predicted molar refractivity (Wildman–Crippen MR) is 113 cm³/mol. The van der Waals surface area contributed by atoms with E-state index in [1.165, 1.54) is 22.3 Å². The summed E-state index contributed by atoms with van der Waals surface area (Å²) in [6.07, 6.45) is 7.92. The highest BCUT2D eigenvalue weighted by Gasteiger charge is 2.06. The van der Waals surface area contributed by atoms with Crippen LogP contribution in [0.3, 0.4) is 0 Å². The fraction of sp³-hybridized carbons (Fsp3) is 0.208. The van der Waals surface area contributed by atoms with Crippen LogP contribution in [-0.2, 0) is 0 Å². The molecule has 0 unspecified atom stereocenters. The number of methoxy groups -OCH3 is 1. The molecule has 0 amide bonds. The zero-order chi connectivity index (χ0) is 18.9. The topological polar surface area (TPSA) is 21.6 Å². The van der Waals surface area contributed by atoms with Gasteiger partial charge in [0, 0.05) is 5.71 Å². The van der Waals surface area contributed by atoms with Gasteiger partial charge in [0.05, 0.1) is 13.7 Å². The molecule has 0 aliphatic heterocycles. The summed E-state index contributed by atoms with van der Waals surface area (Å²) in [5.74, 6) is 0.865. The van der Waals surface area contributed by atoms with Crippen molar-refractivity contribution in [1.82, 2.24) is 0 Å². The lowest BCUT2D eigenvalue weighted by atomic mass is 9.97. The van der Waals surface area contributed by atoms with Crippen molar-refractivity contribution in [2.24, 2.45) is 4.99 Å². The lowest BCUT2D eigenvalue weighted by Gasteiger charge is -2.10. The van der Waals surface area contributed by atoms with Gasteiger partial charge in [-0.2, -0.15) is 0 Å². The van der Waals surface area contributed by atoms with Gasteiger partial charge < -0.3 is 4.74 Å². The first-order chi connectivity index (χ1) is 12.6. The van der Waals surface area contributed by atoms with Gasteiger partial charge in [0.2, 0.25) is 0 Å². The number of benzene rings is 2. The number of hydrogen-bond donors (Lipinski definition) is 0. The summed E-state index contributed by atoms with van der Waals surface area (Å²) in [6.45, 7) is 10.7. The molecule has 0 aliphatic carbocycles. The normalized spacial score (nSPS) is 12.5. The van der Waals surface area contributed by atoms with Gasteiger partial charge in [-0.25, -0.2) is 0 Å². The van der Waals surface area contributed by atoms with Crippen molar-refractivity contribution in [2.45, 2.75) is 20.8 Å². The number of allylic oxidation sites excluding steroid dienone is 3. The summed E-state index contributed by atoms with van der Waals surface area (Å²) < 4.78 is 5.24. The first-order valence-corrected chi connectivity index (χ1v) is 8.79. The van der Waals surface area contributed by atoms with Crippen LogP contribution in [0.1, 0.15) is 25.0 Å². The Bertz CT molecular complexity index is 839. The Kier molecular flexibility index (Phi) is 7.16. The third-order valence-corrected chi connectivity index (χ3v) is 4.31. The third kappa shape index (κ3) is 5.06. The Morgan fingerprint density at radius 1 is 1.12 bits per heavy atom. The summed E-state index contributed by atoms with van der Waals surface area (Å²) in [5.41, 5.74) is 6.88. The maximum absolute atomic E-state index is 5.24. The monoisotopic (exact) mass is 345 g/mol. The quantitative estimate of drug-likeness (QED) is 0.434. The highest BCUT2D eigenvalue weighted by Crippen LogP contribution is 2.25. The molecule has 2 heteroatoms. The number of ether oxygens (including phenoxy) is 1. The van der Waals surface area contributed by atoms with E-state index in [0.29, 0.717) is 6.54 Å². The molecule has 0 bridgehead atoms. The maximum atomic E-state index is 5.24. The average molecular weight is 345 g/mol. The van der Waals surface area contributed by atoms with Crippen molar-refractivity contribution in [3.8, 4) is 16.9 Å². The van der Waals surface area contributed by atoms with Crippen molar-refractivity contribution >= 4 is 5.71 Å². The van der Waals surface area contributed by atoms with Gasteiger partial charge in [-0.05, 0) is 66.8 Å². The molecular weight excluding hydrogens is 318 g/mol. The predicted octanol–water partition coefficient (Wildman–Crippen LogP) is 6.17. The van der Waals surface area contributed by atoms with Gasteiger partial charge in [0.1, 0.15) is 5.75 Å². The molecule has 2 rings (SSSR count). The Labute approximate surface area is 157 Å². The smallest absolute Gasteiger partial charge is 0.118 e. The van der Waals surface area contributed by atoms with Crippen molar-refractivity contribution in [1.29, 1.82) is 0 Å². The zero-order valence-corrected chi connectivity index (χ0v) is 16.1. The van der Waals surface area contributed by atoms with Crippen LogP contribution in [0.25, 0.3) is 11.1 Å². The summed E-state index contributed by atoms with van der Waals surface area (Å²) in [6, 6.07) is 14.6. The number of aliphatic imine (C=N–C) groups is 1. The second-order valence-electron chi connectivity index (χ2n) is 6.13. The van der Waals surface area contributed by atoms with E-state index in [9.17, 15) is 0 Å². The molecule has 134 valence electrons. The second-order valence-corrected chi connectivity index (χ2v) is 6.13. The Balaban J connectivity index is 2.30. The van der Waals surface area contributed by atoms with E-state index in [1.807, 2.05) is 43.4 Å². The standard InChI is InChI=1S/C24H27NO/c1-6-8-9-20(7-2)17-25-19(4)24-16-22(11-10-18(24)3)21-12-14-23(26-5)15-13-21/h6-16H,2,17H2,1,3-5H3/b8-6-,20-9+,25-19?. The maximum Gasteiger partial charge on any atom is 0.118 e. The van der Waals surface area contributed by atoms with Crippen molar-refractivity contribution in [3.63, 3.8) is 0 Å². The van der Waals surface area contributed by atoms with Crippen LogP contribution in [-0.4, -0.2) is 19.4 Å². The van der Waals surface area contributed by atoms with E-state index in [0.717, 1.165) is 17.0 Å². The number of aryl methyl sites for hydroxylation is 1. The lowest BCUT2D eigenvalue weighted by molar-refractivity contribution is 0.415. The molecule has 26 heavy (non-hydrogen) atoms. The van der Waals surface area contributed by atoms with Crippen molar-refractivity contribution in [2.75, 3.05) is 13.7 Å². The van der Waals surface area contributed by atoms with Crippen LogP contribution >= 0.6 is 0 Å². The van der Waals surface area contributed by atoms with Crippen LogP contribution in [0.2, 0.25) is 0 Å². The van der Waals surface area contributed by atoms with Crippen molar-refractivity contribution < 1.29 is 4.74 Å². The molecular formula is C24H27NO. The van der Waals surface area contributed by atoms with Gasteiger partial charge >= 0.3 is 0 Å². The Morgan fingerprint density at radius 2 is 1.81 bits per heavy atom. The molecule has 0 spiro atoms. The first kappa shape index (κ1) is 19.5. The Morgan fingerprint density at radius 3 is 2.42 bits per heavy atom. The number of hydrogen-bond acceptors (Lipinski definition) is 2. The third-order valence-electron chi connectivity index (χ3n) is 4.31. The molecule has 0 fully saturated rings. The summed E-state index contributed by atoms with van der Waals surface area (Å²) in [4.78, 5) is 4.76. The van der Waals surface area contributed by atoms with Gasteiger partial charge in [-0.15, -0.1) is 0 Å². The molecule has 0 saturated heterocycles. The SMILES string of the molecule is C=C/C(=C\C=C/C)CN=C(C)c1cc(-c2ccc(OC)cc2)ccc1C. The van der Waals surface area contributed by atoms with E-state index in [2.05, 4.69) is 50.8 Å². The number of nitrogens with zero attached hydrogens (tertiary/aromatic N) is 1. The van der Waals surface area contributed by atoms with Crippen LogP contribution in [0, 0.1) is 6.92 Å². The van der Waals surface area contributed by atoms with Crippen LogP contribution < -0.4 is 4.74 Å². The summed E-state index contributed by atoms with van der Waals surface area (Å²) in [5, 5.41) is 0. The van der Waals surface area contributed by atoms with E-state index >= 15 is 0 Å². The molecule has 0 atom stereocenters. The molecule has 2 nitrogen and oxygen atoms in total. The van der Waals surface area contributed by atoms with E-state index in [1.54, 1.807) is 7.11 Å². The molecule has 0 N–H and O–H groups in total. The minimum atomic E-state index is 0.631. The average Bonchev–Trinajstić information content (AvgIpc) is 2.68. The second kappa shape index (κ2) is 9.57. The molecule has 0 radical (unpaired) electrons. The van der Waals surface area contributed by atoms with Crippen LogP contribution in [0.4, 0.5) is 0 Å². The lowest BCUT2D eigenvalue weighted by Crippen LogP contribution is -2.01. The Hall–Kier alpha value is -2.87. The summed E-state index contributed by atoms with van der Waals surface area (Å²) in [7, 11) is 1.68.